The summed E-state index contributed by atoms with van der Waals surface area (Å²) >= 11 is 7.25. The zero-order valence-electron chi connectivity index (χ0n) is 7.09. The minimum Gasteiger partial charge on any atom is -0.260 e. The molecule has 2 aromatic rings. The molecule has 0 amide bonds. The summed E-state index contributed by atoms with van der Waals surface area (Å²) in [5.74, 6) is 0. The van der Waals surface area contributed by atoms with Crippen LogP contribution in [0, 0.1) is 0 Å². The molecule has 0 bridgehead atoms. The Morgan fingerprint density at radius 3 is 2.79 bits per heavy atom. The lowest BCUT2D eigenvalue weighted by Gasteiger charge is -1.99. The molecule has 0 N–H and O–H groups in total. The van der Waals surface area contributed by atoms with Crippen molar-refractivity contribution >= 4 is 23.4 Å². The molecule has 70 valence electrons. The van der Waals surface area contributed by atoms with Crippen molar-refractivity contribution in [1.82, 2.24) is 15.0 Å². The van der Waals surface area contributed by atoms with Crippen molar-refractivity contribution in [1.29, 1.82) is 0 Å². The normalized spacial score (nSPS) is 10.1. The van der Waals surface area contributed by atoms with Gasteiger partial charge < -0.3 is 0 Å². The Hall–Kier alpha value is -1.13. The van der Waals surface area contributed by atoms with Gasteiger partial charge in [0.15, 0.2) is 0 Å². The SMILES string of the molecule is Clc1cc(Sc2cnccn2)ccn1. The summed E-state index contributed by atoms with van der Waals surface area (Å²) in [5, 5.41) is 1.33. The van der Waals surface area contributed by atoms with E-state index in [9.17, 15) is 0 Å². The Morgan fingerprint density at radius 1 is 1.14 bits per heavy atom. The second-order valence-electron chi connectivity index (χ2n) is 2.46. The summed E-state index contributed by atoms with van der Waals surface area (Å²) in [4.78, 5) is 13.0. The predicted octanol–water partition coefficient (Wildman–Crippen LogP) is 2.68. The molecule has 0 saturated heterocycles. The molecular weight excluding hydrogens is 218 g/mol. The molecule has 2 aromatic heterocycles. The van der Waals surface area contributed by atoms with Gasteiger partial charge in [-0.15, -0.1) is 0 Å². The predicted molar refractivity (Wildman–Crippen MR) is 55.4 cm³/mol. The fourth-order valence-corrected chi connectivity index (χ4v) is 1.91. The fraction of sp³-hybridized carbons (Fsp3) is 0. The minimum absolute atomic E-state index is 0.485. The van der Waals surface area contributed by atoms with Crippen LogP contribution in [0.4, 0.5) is 0 Å². The van der Waals surface area contributed by atoms with E-state index in [1.54, 1.807) is 30.9 Å². The van der Waals surface area contributed by atoms with Crippen molar-refractivity contribution in [2.75, 3.05) is 0 Å². The summed E-state index contributed by atoms with van der Waals surface area (Å²) in [5.41, 5.74) is 0. The van der Waals surface area contributed by atoms with Crippen molar-refractivity contribution in [2.45, 2.75) is 9.92 Å². The molecule has 0 spiro atoms. The van der Waals surface area contributed by atoms with Gasteiger partial charge in [0.2, 0.25) is 0 Å². The van der Waals surface area contributed by atoms with Crippen molar-refractivity contribution in [2.24, 2.45) is 0 Å². The molecule has 3 nitrogen and oxygen atoms in total. The number of hydrogen-bond acceptors (Lipinski definition) is 4. The van der Waals surface area contributed by atoms with Gasteiger partial charge in [-0.25, -0.2) is 9.97 Å². The third kappa shape index (κ3) is 2.43. The maximum Gasteiger partial charge on any atom is 0.130 e. The van der Waals surface area contributed by atoms with Crippen molar-refractivity contribution in [3.05, 3.63) is 42.1 Å². The molecule has 2 rings (SSSR count). The highest BCUT2D eigenvalue weighted by atomic mass is 35.5. The van der Waals surface area contributed by atoms with Gasteiger partial charge in [-0.3, -0.25) is 4.98 Å². The first-order chi connectivity index (χ1) is 6.84. The molecule has 0 radical (unpaired) electrons. The Balaban J connectivity index is 2.19. The number of hydrogen-bond donors (Lipinski definition) is 0. The molecule has 2 heterocycles. The fourth-order valence-electron chi connectivity index (χ4n) is 0.907. The maximum absolute atomic E-state index is 5.75. The monoisotopic (exact) mass is 223 g/mol. The number of aromatic nitrogens is 3. The van der Waals surface area contributed by atoms with Gasteiger partial charge in [0.25, 0.3) is 0 Å². The molecule has 0 fully saturated rings. The molecule has 5 heteroatoms. The topological polar surface area (TPSA) is 38.7 Å². The highest BCUT2D eigenvalue weighted by Gasteiger charge is 1.98. The summed E-state index contributed by atoms with van der Waals surface area (Å²) in [7, 11) is 0. The highest BCUT2D eigenvalue weighted by Crippen LogP contribution is 2.25. The van der Waals surface area contributed by atoms with Gasteiger partial charge in [0.1, 0.15) is 10.2 Å². The summed E-state index contributed by atoms with van der Waals surface area (Å²) in [6.07, 6.45) is 6.68. The zero-order chi connectivity index (χ0) is 9.80. The van der Waals surface area contributed by atoms with Crippen LogP contribution in [0.3, 0.4) is 0 Å². The van der Waals surface area contributed by atoms with Crippen molar-refractivity contribution in [3.63, 3.8) is 0 Å². The van der Waals surface area contributed by atoms with Crippen LogP contribution in [0.2, 0.25) is 5.15 Å². The molecule has 0 aromatic carbocycles. The number of pyridine rings is 1. The molecule has 14 heavy (non-hydrogen) atoms. The number of halogens is 1. The summed E-state index contributed by atoms with van der Waals surface area (Å²) in [6, 6.07) is 3.67. The zero-order valence-corrected chi connectivity index (χ0v) is 8.66. The van der Waals surface area contributed by atoms with Gasteiger partial charge in [-0.2, -0.15) is 0 Å². The summed E-state index contributed by atoms with van der Waals surface area (Å²) in [6.45, 7) is 0. The van der Waals surface area contributed by atoms with E-state index >= 15 is 0 Å². The van der Waals surface area contributed by atoms with Crippen LogP contribution < -0.4 is 0 Å². The third-order valence-corrected chi connectivity index (χ3v) is 2.58. The van der Waals surface area contributed by atoms with E-state index in [0.29, 0.717) is 5.15 Å². The lowest BCUT2D eigenvalue weighted by atomic mass is 10.5. The molecule has 0 aliphatic heterocycles. The van der Waals surface area contributed by atoms with Gasteiger partial charge in [0, 0.05) is 23.5 Å². The average molecular weight is 224 g/mol. The molecule has 0 unspecified atom stereocenters. The lowest BCUT2D eigenvalue weighted by Crippen LogP contribution is -1.81. The first-order valence-corrected chi connectivity index (χ1v) is 5.09. The van der Waals surface area contributed by atoms with Crippen LogP contribution >= 0.6 is 23.4 Å². The van der Waals surface area contributed by atoms with Crippen LogP contribution in [-0.4, -0.2) is 15.0 Å². The van der Waals surface area contributed by atoms with E-state index < -0.39 is 0 Å². The van der Waals surface area contributed by atoms with E-state index in [-0.39, 0.29) is 0 Å². The lowest BCUT2D eigenvalue weighted by molar-refractivity contribution is 1.05. The number of rotatable bonds is 2. The van der Waals surface area contributed by atoms with E-state index in [0.717, 1.165) is 9.92 Å². The molecule has 0 atom stereocenters. The largest absolute Gasteiger partial charge is 0.260 e. The first kappa shape index (κ1) is 9.43. The van der Waals surface area contributed by atoms with Gasteiger partial charge in [0.05, 0.1) is 6.20 Å². The van der Waals surface area contributed by atoms with E-state index in [2.05, 4.69) is 15.0 Å². The second-order valence-corrected chi connectivity index (χ2v) is 3.94. The van der Waals surface area contributed by atoms with Gasteiger partial charge in [-0.1, -0.05) is 23.4 Å². The second kappa shape index (κ2) is 4.39. The van der Waals surface area contributed by atoms with Gasteiger partial charge >= 0.3 is 0 Å². The Bertz CT molecular complexity index is 421. The quantitative estimate of drug-likeness (QED) is 0.734. The van der Waals surface area contributed by atoms with Crippen LogP contribution in [0.15, 0.2) is 46.8 Å². The van der Waals surface area contributed by atoms with E-state index in [1.165, 1.54) is 11.8 Å². The number of nitrogens with zero attached hydrogens (tertiary/aromatic N) is 3. The van der Waals surface area contributed by atoms with Crippen LogP contribution in [0.25, 0.3) is 0 Å². The Morgan fingerprint density at radius 2 is 2.07 bits per heavy atom. The first-order valence-electron chi connectivity index (χ1n) is 3.90. The molecule has 0 aliphatic rings. The smallest absolute Gasteiger partial charge is 0.130 e. The average Bonchev–Trinajstić information content (AvgIpc) is 2.19. The van der Waals surface area contributed by atoms with E-state index in [1.807, 2.05) is 6.07 Å². The summed E-state index contributed by atoms with van der Waals surface area (Å²) < 4.78 is 0. The Kier molecular flexibility index (Phi) is 2.96. The molecule has 0 saturated carbocycles. The van der Waals surface area contributed by atoms with Gasteiger partial charge in [-0.05, 0) is 12.1 Å². The van der Waals surface area contributed by atoms with E-state index in [4.69, 9.17) is 11.6 Å². The minimum atomic E-state index is 0.485. The Labute approximate surface area is 90.6 Å². The third-order valence-electron chi connectivity index (χ3n) is 1.46. The maximum atomic E-state index is 5.75. The van der Waals surface area contributed by atoms with Crippen LogP contribution in [0.1, 0.15) is 0 Å². The standard InChI is InChI=1S/C9H6ClN3S/c10-8-5-7(1-2-12-8)14-9-6-11-3-4-13-9/h1-6H. The highest BCUT2D eigenvalue weighted by molar-refractivity contribution is 7.99. The van der Waals surface area contributed by atoms with Crippen LogP contribution in [-0.2, 0) is 0 Å². The van der Waals surface area contributed by atoms with Crippen LogP contribution in [0.5, 0.6) is 0 Å². The van der Waals surface area contributed by atoms with Crippen molar-refractivity contribution < 1.29 is 0 Å². The van der Waals surface area contributed by atoms with Crippen molar-refractivity contribution in [3.8, 4) is 0 Å². The molecule has 0 aliphatic carbocycles. The molecular formula is C9H6ClN3S.